The molecule has 0 fully saturated rings. The molecule has 0 heterocycles. The number of amides is 2. The Morgan fingerprint density at radius 1 is 1.00 bits per heavy atom. The van der Waals surface area contributed by atoms with Crippen molar-refractivity contribution < 1.29 is 19.1 Å². The van der Waals surface area contributed by atoms with Crippen molar-refractivity contribution in [3.8, 4) is 11.5 Å². The van der Waals surface area contributed by atoms with Crippen molar-refractivity contribution >= 4 is 17.5 Å². The SMILES string of the molecule is COc1ccccc1CC(=O)Nc1ccc(OC)c(C(=O)N(C)C)c1. The highest BCUT2D eigenvalue weighted by atomic mass is 16.5. The first-order chi connectivity index (χ1) is 12.0. The van der Waals surface area contributed by atoms with Crippen LogP contribution >= 0.6 is 0 Å². The number of carbonyl (C=O) groups is 2. The number of para-hydroxylation sites is 1. The number of ether oxygens (including phenoxy) is 2. The van der Waals surface area contributed by atoms with E-state index in [1.807, 2.05) is 24.3 Å². The maximum Gasteiger partial charge on any atom is 0.257 e. The number of hydrogen-bond donors (Lipinski definition) is 1. The predicted octanol–water partition coefficient (Wildman–Crippen LogP) is 2.59. The second-order valence-corrected chi connectivity index (χ2v) is 5.65. The highest BCUT2D eigenvalue weighted by molar-refractivity contribution is 5.99. The Bertz CT molecular complexity index is 772. The summed E-state index contributed by atoms with van der Waals surface area (Å²) in [6.07, 6.45) is 0.174. The molecule has 0 aliphatic heterocycles. The van der Waals surface area contributed by atoms with Crippen molar-refractivity contribution in [3.05, 3.63) is 53.6 Å². The molecule has 0 bridgehead atoms. The minimum atomic E-state index is -0.197. The molecule has 0 aliphatic carbocycles. The van der Waals surface area contributed by atoms with Crippen LogP contribution in [0.15, 0.2) is 42.5 Å². The Hall–Kier alpha value is -3.02. The van der Waals surface area contributed by atoms with E-state index in [0.717, 1.165) is 5.56 Å². The van der Waals surface area contributed by atoms with Crippen LogP contribution in [0.1, 0.15) is 15.9 Å². The van der Waals surface area contributed by atoms with E-state index in [1.165, 1.54) is 12.0 Å². The monoisotopic (exact) mass is 342 g/mol. The Balaban J connectivity index is 2.18. The molecule has 0 aliphatic rings. The fourth-order valence-electron chi connectivity index (χ4n) is 2.42. The van der Waals surface area contributed by atoms with Crippen molar-refractivity contribution in [3.63, 3.8) is 0 Å². The predicted molar refractivity (Wildman–Crippen MR) is 96.3 cm³/mol. The number of rotatable bonds is 6. The fraction of sp³-hybridized carbons (Fsp3) is 0.263. The number of hydrogen-bond acceptors (Lipinski definition) is 4. The largest absolute Gasteiger partial charge is 0.496 e. The van der Waals surface area contributed by atoms with E-state index in [0.29, 0.717) is 22.7 Å². The van der Waals surface area contributed by atoms with Gasteiger partial charge in [-0.1, -0.05) is 18.2 Å². The standard InChI is InChI=1S/C19H22N2O4/c1-21(2)19(23)15-12-14(9-10-17(15)25-4)20-18(22)11-13-7-5-6-8-16(13)24-3/h5-10,12H,11H2,1-4H3,(H,20,22). The van der Waals surface area contributed by atoms with E-state index in [1.54, 1.807) is 39.4 Å². The van der Waals surface area contributed by atoms with Gasteiger partial charge in [0.2, 0.25) is 5.91 Å². The molecule has 0 radical (unpaired) electrons. The zero-order valence-corrected chi connectivity index (χ0v) is 14.8. The molecule has 0 unspecified atom stereocenters. The fourth-order valence-corrected chi connectivity index (χ4v) is 2.42. The van der Waals surface area contributed by atoms with Gasteiger partial charge in [0.25, 0.3) is 5.91 Å². The maximum absolute atomic E-state index is 12.3. The van der Waals surface area contributed by atoms with Crippen molar-refractivity contribution in [2.45, 2.75) is 6.42 Å². The lowest BCUT2D eigenvalue weighted by Gasteiger charge is -2.15. The minimum absolute atomic E-state index is 0.174. The molecule has 2 amide bonds. The third-order valence-corrected chi connectivity index (χ3v) is 3.66. The number of anilines is 1. The molecule has 2 rings (SSSR count). The van der Waals surface area contributed by atoms with Crippen molar-refractivity contribution in [2.24, 2.45) is 0 Å². The molecule has 132 valence electrons. The van der Waals surface area contributed by atoms with E-state index < -0.39 is 0 Å². The summed E-state index contributed by atoms with van der Waals surface area (Å²) in [6.45, 7) is 0. The summed E-state index contributed by atoms with van der Waals surface area (Å²) >= 11 is 0. The van der Waals surface area contributed by atoms with Gasteiger partial charge in [-0.15, -0.1) is 0 Å². The number of carbonyl (C=O) groups excluding carboxylic acids is 2. The maximum atomic E-state index is 12.3. The third-order valence-electron chi connectivity index (χ3n) is 3.66. The van der Waals surface area contributed by atoms with Gasteiger partial charge in [-0.3, -0.25) is 9.59 Å². The van der Waals surface area contributed by atoms with Gasteiger partial charge >= 0.3 is 0 Å². The Morgan fingerprint density at radius 2 is 1.68 bits per heavy atom. The van der Waals surface area contributed by atoms with Gasteiger partial charge in [0.1, 0.15) is 11.5 Å². The van der Waals surface area contributed by atoms with Crippen molar-refractivity contribution in [2.75, 3.05) is 33.6 Å². The van der Waals surface area contributed by atoms with Crippen LogP contribution in [0.4, 0.5) is 5.69 Å². The Labute approximate surface area is 147 Å². The van der Waals surface area contributed by atoms with Crippen molar-refractivity contribution in [1.82, 2.24) is 4.90 Å². The van der Waals surface area contributed by atoms with Crippen LogP contribution in [0.2, 0.25) is 0 Å². The lowest BCUT2D eigenvalue weighted by molar-refractivity contribution is -0.115. The molecule has 0 atom stereocenters. The van der Waals surface area contributed by atoms with Crippen molar-refractivity contribution in [1.29, 1.82) is 0 Å². The highest BCUT2D eigenvalue weighted by Gasteiger charge is 2.16. The number of nitrogens with one attached hydrogen (secondary N) is 1. The first kappa shape index (κ1) is 18.3. The molecular weight excluding hydrogens is 320 g/mol. The molecule has 1 N–H and O–H groups in total. The van der Waals surface area contributed by atoms with E-state index >= 15 is 0 Å². The van der Waals surface area contributed by atoms with Crippen LogP contribution in [0.3, 0.4) is 0 Å². The highest BCUT2D eigenvalue weighted by Crippen LogP contribution is 2.24. The van der Waals surface area contributed by atoms with Gasteiger partial charge in [0.05, 0.1) is 26.2 Å². The molecule has 0 aromatic heterocycles. The van der Waals surface area contributed by atoms with E-state index in [9.17, 15) is 9.59 Å². The second kappa shape index (κ2) is 8.19. The smallest absolute Gasteiger partial charge is 0.257 e. The molecule has 2 aromatic rings. The summed E-state index contributed by atoms with van der Waals surface area (Å²) in [4.78, 5) is 26.0. The number of methoxy groups -OCH3 is 2. The quantitative estimate of drug-likeness (QED) is 0.876. The first-order valence-corrected chi connectivity index (χ1v) is 7.77. The summed E-state index contributed by atoms with van der Waals surface area (Å²) in [5, 5.41) is 2.81. The summed E-state index contributed by atoms with van der Waals surface area (Å²) in [7, 11) is 6.39. The van der Waals surface area contributed by atoms with Gasteiger partial charge in [-0.2, -0.15) is 0 Å². The van der Waals surface area contributed by atoms with E-state index in [2.05, 4.69) is 5.32 Å². The van der Waals surface area contributed by atoms with Gasteiger partial charge < -0.3 is 19.7 Å². The molecule has 6 nitrogen and oxygen atoms in total. The zero-order valence-electron chi connectivity index (χ0n) is 14.8. The molecule has 0 saturated carbocycles. The number of benzene rings is 2. The Kier molecular flexibility index (Phi) is 6.00. The molecule has 2 aromatic carbocycles. The van der Waals surface area contributed by atoms with Gasteiger partial charge in [0.15, 0.2) is 0 Å². The molecule has 0 saturated heterocycles. The summed E-state index contributed by atoms with van der Waals surface area (Å²) in [6, 6.07) is 12.3. The summed E-state index contributed by atoms with van der Waals surface area (Å²) in [5.74, 6) is 0.730. The van der Waals surface area contributed by atoms with E-state index in [4.69, 9.17) is 9.47 Å². The first-order valence-electron chi connectivity index (χ1n) is 7.77. The molecule has 0 spiro atoms. The van der Waals surface area contributed by atoms with E-state index in [-0.39, 0.29) is 18.2 Å². The third kappa shape index (κ3) is 4.50. The minimum Gasteiger partial charge on any atom is -0.496 e. The van der Waals surface area contributed by atoms with Gasteiger partial charge in [-0.25, -0.2) is 0 Å². The number of nitrogens with zero attached hydrogens (tertiary/aromatic N) is 1. The second-order valence-electron chi connectivity index (χ2n) is 5.65. The van der Waals surface area contributed by atoms with Crippen LogP contribution in [0.25, 0.3) is 0 Å². The van der Waals surface area contributed by atoms with Gasteiger partial charge in [0, 0.05) is 25.3 Å². The van der Waals surface area contributed by atoms with Crippen LogP contribution in [-0.2, 0) is 11.2 Å². The van der Waals surface area contributed by atoms with Crippen LogP contribution in [-0.4, -0.2) is 45.0 Å². The molecule has 6 heteroatoms. The average molecular weight is 342 g/mol. The van der Waals surface area contributed by atoms with Crippen LogP contribution < -0.4 is 14.8 Å². The Morgan fingerprint density at radius 3 is 2.32 bits per heavy atom. The normalized spacial score (nSPS) is 10.1. The lowest BCUT2D eigenvalue weighted by atomic mass is 10.1. The molecular formula is C19H22N2O4. The topological polar surface area (TPSA) is 67.9 Å². The van der Waals surface area contributed by atoms with Crippen LogP contribution in [0, 0.1) is 0 Å². The summed E-state index contributed by atoms with van der Waals surface area (Å²) in [5.41, 5.74) is 1.72. The average Bonchev–Trinajstić information content (AvgIpc) is 2.61. The van der Waals surface area contributed by atoms with Crippen LogP contribution in [0.5, 0.6) is 11.5 Å². The van der Waals surface area contributed by atoms with Gasteiger partial charge in [-0.05, 0) is 24.3 Å². The molecule has 25 heavy (non-hydrogen) atoms. The zero-order chi connectivity index (χ0) is 18.4. The summed E-state index contributed by atoms with van der Waals surface area (Å²) < 4.78 is 10.5. The lowest BCUT2D eigenvalue weighted by Crippen LogP contribution is -2.23.